The van der Waals surface area contributed by atoms with Crippen molar-refractivity contribution in [3.05, 3.63) is 30.1 Å². The second kappa shape index (κ2) is 7.49. The average molecular weight is 336 g/mol. The van der Waals surface area contributed by atoms with Crippen molar-refractivity contribution in [3.63, 3.8) is 0 Å². The minimum Gasteiger partial charge on any atom is -0.469 e. The van der Waals surface area contributed by atoms with Crippen LogP contribution in [-0.4, -0.2) is 54.4 Å². The summed E-state index contributed by atoms with van der Waals surface area (Å²) in [5, 5.41) is 13.5. The Kier molecular flexibility index (Phi) is 5.36. The number of nitrogens with one attached hydrogen (secondary N) is 1. The quantitative estimate of drug-likeness (QED) is 0.824. The molecule has 1 saturated carbocycles. The van der Waals surface area contributed by atoms with Crippen molar-refractivity contribution in [3.8, 4) is 0 Å². The van der Waals surface area contributed by atoms with E-state index in [1.54, 1.807) is 12.1 Å². The molecule has 1 aromatic carbocycles. The summed E-state index contributed by atoms with van der Waals surface area (Å²) in [5.74, 6) is -0.663. The molecule has 6 heteroatoms. The fraction of sp³-hybridized carbons (Fsp3) is 0.611. The highest BCUT2D eigenvalue weighted by atomic mass is 19.1. The number of piperidine rings is 1. The van der Waals surface area contributed by atoms with E-state index in [-0.39, 0.29) is 29.8 Å². The number of nitrogens with zero attached hydrogens (tertiary/aromatic N) is 1. The number of hydrogen-bond acceptors (Lipinski definition) is 5. The minimum atomic E-state index is -0.481. The maximum Gasteiger partial charge on any atom is 0.308 e. The first-order valence-corrected chi connectivity index (χ1v) is 8.59. The van der Waals surface area contributed by atoms with Gasteiger partial charge in [-0.2, -0.15) is 0 Å². The van der Waals surface area contributed by atoms with E-state index in [0.717, 1.165) is 25.9 Å². The maximum atomic E-state index is 13.7. The van der Waals surface area contributed by atoms with Crippen molar-refractivity contribution in [2.75, 3.05) is 25.5 Å². The zero-order chi connectivity index (χ0) is 17.1. The molecule has 0 bridgehead atoms. The number of aliphatic hydroxyl groups excluding tert-OH is 1. The maximum absolute atomic E-state index is 13.7. The predicted molar refractivity (Wildman–Crippen MR) is 89.2 cm³/mol. The lowest BCUT2D eigenvalue weighted by atomic mass is 10.0. The van der Waals surface area contributed by atoms with Crippen molar-refractivity contribution in [2.24, 2.45) is 5.92 Å². The lowest BCUT2D eigenvalue weighted by Gasteiger charge is -2.37. The van der Waals surface area contributed by atoms with E-state index in [4.69, 9.17) is 4.74 Å². The van der Waals surface area contributed by atoms with Crippen LogP contribution in [0.5, 0.6) is 0 Å². The van der Waals surface area contributed by atoms with Crippen LogP contribution in [0.4, 0.5) is 10.1 Å². The molecule has 0 unspecified atom stereocenters. The third kappa shape index (κ3) is 3.70. The van der Waals surface area contributed by atoms with Crippen molar-refractivity contribution in [1.29, 1.82) is 0 Å². The van der Waals surface area contributed by atoms with Crippen molar-refractivity contribution in [1.82, 2.24) is 4.90 Å². The summed E-state index contributed by atoms with van der Waals surface area (Å²) in [6, 6.07) is 6.96. The molecule has 1 aliphatic heterocycles. The number of rotatable bonds is 4. The molecule has 1 saturated heterocycles. The molecule has 1 heterocycles. The van der Waals surface area contributed by atoms with E-state index < -0.39 is 6.10 Å². The summed E-state index contributed by atoms with van der Waals surface area (Å²) in [7, 11) is 1.39. The van der Waals surface area contributed by atoms with Gasteiger partial charge in [-0.15, -0.1) is 0 Å². The van der Waals surface area contributed by atoms with Gasteiger partial charge in [0.15, 0.2) is 0 Å². The molecule has 132 valence electrons. The highest BCUT2D eigenvalue weighted by Crippen LogP contribution is 2.32. The van der Waals surface area contributed by atoms with Gasteiger partial charge >= 0.3 is 5.97 Å². The molecular formula is C18H25FN2O3. The first kappa shape index (κ1) is 17.2. The Morgan fingerprint density at radius 1 is 1.29 bits per heavy atom. The summed E-state index contributed by atoms with van der Waals surface area (Å²) >= 11 is 0. The molecule has 3 atom stereocenters. The van der Waals surface area contributed by atoms with Crippen molar-refractivity contribution < 1.29 is 19.0 Å². The normalized spacial score (nSPS) is 28.7. The predicted octanol–water partition coefficient (Wildman–Crippen LogP) is 2.01. The van der Waals surface area contributed by atoms with Crippen LogP contribution < -0.4 is 5.32 Å². The number of esters is 1. The number of likely N-dealkylation sites (tertiary alicyclic amines) is 1. The van der Waals surface area contributed by atoms with Gasteiger partial charge in [-0.3, -0.25) is 9.69 Å². The zero-order valence-electron chi connectivity index (χ0n) is 14.0. The van der Waals surface area contributed by atoms with Crippen molar-refractivity contribution >= 4 is 11.7 Å². The number of benzene rings is 1. The van der Waals surface area contributed by atoms with Crippen LogP contribution in [0.1, 0.15) is 25.7 Å². The van der Waals surface area contributed by atoms with Crippen molar-refractivity contribution in [2.45, 2.75) is 43.9 Å². The Hall–Kier alpha value is -1.66. The van der Waals surface area contributed by atoms with E-state index >= 15 is 0 Å². The summed E-state index contributed by atoms with van der Waals surface area (Å²) < 4.78 is 18.5. The molecule has 0 spiro atoms. The number of para-hydroxylation sites is 1. The molecule has 3 rings (SSSR count). The summed E-state index contributed by atoms with van der Waals surface area (Å²) in [6.07, 6.45) is 2.43. The van der Waals surface area contributed by atoms with Crippen LogP contribution in [-0.2, 0) is 9.53 Å². The SMILES string of the molecule is COC(=O)[C@H]1C[C@@H](N2CCC(Nc3ccccc3F)CC2)[C@@H](O)C1. The van der Waals surface area contributed by atoms with Crippen LogP contribution in [0.2, 0.25) is 0 Å². The Morgan fingerprint density at radius 2 is 2.00 bits per heavy atom. The fourth-order valence-corrected chi connectivity index (χ4v) is 3.92. The Labute approximate surface area is 141 Å². The first-order valence-electron chi connectivity index (χ1n) is 8.59. The van der Waals surface area contributed by atoms with E-state index in [2.05, 4.69) is 10.2 Å². The number of methoxy groups -OCH3 is 1. The van der Waals surface area contributed by atoms with Gasteiger partial charge in [0.1, 0.15) is 5.82 Å². The zero-order valence-corrected chi connectivity index (χ0v) is 14.0. The van der Waals surface area contributed by atoms with E-state index in [1.165, 1.54) is 13.2 Å². The van der Waals surface area contributed by atoms with Crippen LogP contribution in [0.15, 0.2) is 24.3 Å². The molecule has 5 nitrogen and oxygen atoms in total. The van der Waals surface area contributed by atoms with Crippen LogP contribution in [0.25, 0.3) is 0 Å². The molecule has 1 aromatic rings. The summed E-state index contributed by atoms with van der Waals surface area (Å²) in [5.41, 5.74) is 0.544. The van der Waals surface area contributed by atoms with Gasteiger partial charge in [0, 0.05) is 25.2 Å². The highest BCUT2D eigenvalue weighted by molar-refractivity contribution is 5.72. The minimum absolute atomic E-state index is 0.0171. The number of hydrogen-bond donors (Lipinski definition) is 2. The lowest BCUT2D eigenvalue weighted by Crippen LogP contribution is -2.47. The molecule has 0 aromatic heterocycles. The van der Waals surface area contributed by atoms with Gasteiger partial charge in [-0.25, -0.2) is 4.39 Å². The number of carbonyl (C=O) groups excluding carboxylic acids is 1. The molecule has 0 radical (unpaired) electrons. The second-order valence-electron chi connectivity index (χ2n) is 6.76. The smallest absolute Gasteiger partial charge is 0.308 e. The highest BCUT2D eigenvalue weighted by Gasteiger charge is 2.41. The average Bonchev–Trinajstić information content (AvgIpc) is 2.99. The van der Waals surface area contributed by atoms with Gasteiger partial charge in [0.05, 0.1) is 24.8 Å². The summed E-state index contributed by atoms with van der Waals surface area (Å²) in [6.45, 7) is 1.67. The van der Waals surface area contributed by atoms with Gasteiger partial charge in [0.2, 0.25) is 0 Å². The van der Waals surface area contributed by atoms with Gasteiger partial charge in [-0.05, 0) is 37.8 Å². The van der Waals surface area contributed by atoms with Crippen LogP contribution in [0.3, 0.4) is 0 Å². The van der Waals surface area contributed by atoms with E-state index in [9.17, 15) is 14.3 Å². The van der Waals surface area contributed by atoms with Crippen LogP contribution >= 0.6 is 0 Å². The second-order valence-corrected chi connectivity index (χ2v) is 6.76. The topological polar surface area (TPSA) is 61.8 Å². The molecule has 2 fully saturated rings. The molecule has 2 N–H and O–H groups in total. The Bertz CT molecular complexity index is 575. The standard InChI is InChI=1S/C18H25FN2O3/c1-24-18(23)12-10-16(17(22)11-12)21-8-6-13(7-9-21)20-15-5-3-2-4-14(15)19/h2-5,12-13,16-17,20,22H,6-11H2,1H3/t12-,16+,17-/m0/s1. The molecular weight excluding hydrogens is 311 g/mol. The number of aliphatic hydroxyl groups is 1. The largest absolute Gasteiger partial charge is 0.469 e. The van der Waals surface area contributed by atoms with Crippen LogP contribution in [0, 0.1) is 11.7 Å². The Morgan fingerprint density at radius 3 is 2.67 bits per heavy atom. The fourth-order valence-electron chi connectivity index (χ4n) is 3.92. The number of ether oxygens (including phenoxy) is 1. The molecule has 2 aliphatic rings. The molecule has 1 aliphatic carbocycles. The third-order valence-electron chi connectivity index (χ3n) is 5.26. The number of halogens is 1. The van der Waals surface area contributed by atoms with Gasteiger partial charge in [0.25, 0.3) is 0 Å². The summed E-state index contributed by atoms with van der Waals surface area (Å²) in [4.78, 5) is 13.9. The lowest BCUT2D eigenvalue weighted by molar-refractivity contribution is -0.145. The number of anilines is 1. The van der Waals surface area contributed by atoms with Gasteiger partial charge in [-0.1, -0.05) is 12.1 Å². The van der Waals surface area contributed by atoms with E-state index in [1.807, 2.05) is 6.07 Å². The monoisotopic (exact) mass is 336 g/mol. The molecule has 24 heavy (non-hydrogen) atoms. The van der Waals surface area contributed by atoms with Gasteiger partial charge < -0.3 is 15.2 Å². The molecule has 0 amide bonds. The van der Waals surface area contributed by atoms with E-state index in [0.29, 0.717) is 18.5 Å². The first-order chi connectivity index (χ1) is 11.6. The Balaban J connectivity index is 1.52. The third-order valence-corrected chi connectivity index (χ3v) is 5.26. The number of carbonyl (C=O) groups is 1.